The first-order valence-electron chi connectivity index (χ1n) is 5.76. The maximum absolute atomic E-state index is 8.55. The van der Waals surface area contributed by atoms with Crippen molar-refractivity contribution in [2.45, 2.75) is 13.0 Å². The van der Waals surface area contributed by atoms with Crippen LogP contribution in [0.1, 0.15) is 11.4 Å². The molecule has 0 fully saturated rings. The van der Waals surface area contributed by atoms with Crippen LogP contribution in [0.2, 0.25) is 0 Å². The molecule has 1 aromatic heterocycles. The highest BCUT2D eigenvalue weighted by molar-refractivity contribution is 7.18. The molecule has 0 amide bonds. The number of nitriles is 2. The Labute approximate surface area is 115 Å². The highest BCUT2D eigenvalue weighted by Gasteiger charge is 2.02. The summed E-state index contributed by atoms with van der Waals surface area (Å²) in [5, 5.41) is 18.0. The van der Waals surface area contributed by atoms with Gasteiger partial charge in [-0.3, -0.25) is 0 Å². The van der Waals surface area contributed by atoms with Gasteiger partial charge in [0.15, 0.2) is 0 Å². The van der Waals surface area contributed by atoms with Crippen molar-refractivity contribution in [3.63, 3.8) is 0 Å². The van der Waals surface area contributed by atoms with Crippen LogP contribution >= 0.6 is 11.3 Å². The lowest BCUT2D eigenvalue weighted by Gasteiger charge is -1.97. The SMILES string of the molecule is N#CC(C#N)=CCCOCc1nc2ccccc2s1. The van der Waals surface area contributed by atoms with Crippen LogP contribution in [0.5, 0.6) is 0 Å². The van der Waals surface area contributed by atoms with E-state index in [4.69, 9.17) is 15.3 Å². The summed E-state index contributed by atoms with van der Waals surface area (Å²) in [5.41, 5.74) is 1.12. The fourth-order valence-electron chi connectivity index (χ4n) is 1.54. The summed E-state index contributed by atoms with van der Waals surface area (Å²) in [7, 11) is 0. The van der Waals surface area contributed by atoms with E-state index < -0.39 is 0 Å². The van der Waals surface area contributed by atoms with E-state index in [0.29, 0.717) is 19.6 Å². The smallest absolute Gasteiger partial charge is 0.125 e. The number of fused-ring (bicyclic) bond motifs is 1. The monoisotopic (exact) mass is 269 g/mol. The minimum Gasteiger partial charge on any atom is -0.374 e. The predicted molar refractivity (Wildman–Crippen MR) is 73.2 cm³/mol. The van der Waals surface area contributed by atoms with Gasteiger partial charge >= 0.3 is 0 Å². The predicted octanol–water partition coefficient (Wildman–Crippen LogP) is 3.18. The third-order valence-electron chi connectivity index (χ3n) is 2.42. The Kier molecular flexibility index (Phi) is 4.63. The number of hydrogen-bond donors (Lipinski definition) is 0. The lowest BCUT2D eigenvalue weighted by atomic mass is 10.2. The summed E-state index contributed by atoms with van der Waals surface area (Å²) in [6.45, 7) is 0.935. The van der Waals surface area contributed by atoms with Gasteiger partial charge in [-0.2, -0.15) is 10.5 Å². The Morgan fingerprint density at radius 2 is 2.11 bits per heavy atom. The summed E-state index contributed by atoms with van der Waals surface area (Å²) in [5.74, 6) is 0. The van der Waals surface area contributed by atoms with Crippen molar-refractivity contribution < 1.29 is 4.74 Å². The van der Waals surface area contributed by atoms with E-state index in [2.05, 4.69) is 4.98 Å². The second kappa shape index (κ2) is 6.65. The molecule has 0 saturated carbocycles. The maximum Gasteiger partial charge on any atom is 0.125 e. The second-order valence-electron chi connectivity index (χ2n) is 3.76. The van der Waals surface area contributed by atoms with E-state index in [-0.39, 0.29) is 5.57 Å². The highest BCUT2D eigenvalue weighted by atomic mass is 32.1. The first kappa shape index (κ1) is 13.2. The topological polar surface area (TPSA) is 69.7 Å². The molecule has 0 atom stereocenters. The van der Waals surface area contributed by atoms with Crippen LogP contribution in [0.4, 0.5) is 0 Å². The molecular weight excluding hydrogens is 258 g/mol. The molecule has 1 aromatic carbocycles. The standard InChI is InChI=1S/C14H11N3OS/c15-8-11(9-16)4-3-7-18-10-14-17-12-5-1-2-6-13(12)19-14/h1-2,4-6H,3,7,10H2. The molecule has 0 spiro atoms. The van der Waals surface area contributed by atoms with Crippen molar-refractivity contribution in [1.29, 1.82) is 10.5 Å². The summed E-state index contributed by atoms with van der Waals surface area (Å²) < 4.78 is 6.62. The zero-order chi connectivity index (χ0) is 13.5. The van der Waals surface area contributed by atoms with Crippen LogP contribution < -0.4 is 0 Å². The fraction of sp³-hybridized carbons (Fsp3) is 0.214. The molecule has 0 unspecified atom stereocenters. The fourth-order valence-corrected chi connectivity index (χ4v) is 2.45. The van der Waals surface area contributed by atoms with Crippen molar-refractivity contribution in [3.05, 3.63) is 40.9 Å². The Balaban J connectivity index is 1.82. The van der Waals surface area contributed by atoms with Crippen LogP contribution in [0.25, 0.3) is 10.2 Å². The number of ether oxygens (including phenoxy) is 1. The average molecular weight is 269 g/mol. The van der Waals surface area contributed by atoms with Crippen molar-refractivity contribution in [2.24, 2.45) is 0 Å². The molecule has 19 heavy (non-hydrogen) atoms. The van der Waals surface area contributed by atoms with E-state index >= 15 is 0 Å². The van der Waals surface area contributed by atoms with E-state index in [0.717, 1.165) is 15.2 Å². The maximum atomic E-state index is 8.55. The van der Waals surface area contributed by atoms with Gasteiger partial charge in [-0.1, -0.05) is 18.2 Å². The molecule has 94 valence electrons. The van der Waals surface area contributed by atoms with Crippen LogP contribution in [0, 0.1) is 22.7 Å². The third-order valence-corrected chi connectivity index (χ3v) is 3.43. The van der Waals surface area contributed by atoms with Crippen molar-refractivity contribution in [1.82, 2.24) is 4.98 Å². The van der Waals surface area contributed by atoms with Gasteiger partial charge in [0.25, 0.3) is 0 Å². The first-order valence-corrected chi connectivity index (χ1v) is 6.57. The molecule has 2 rings (SSSR count). The summed E-state index contributed by atoms with van der Waals surface area (Å²) in [6, 6.07) is 11.6. The quantitative estimate of drug-likeness (QED) is 0.617. The van der Waals surface area contributed by atoms with E-state index in [9.17, 15) is 0 Å². The van der Waals surface area contributed by atoms with Gasteiger partial charge in [-0.25, -0.2) is 4.98 Å². The third kappa shape index (κ3) is 3.62. The number of allylic oxidation sites excluding steroid dienone is 1. The van der Waals surface area contributed by atoms with Crippen molar-refractivity contribution in [3.8, 4) is 12.1 Å². The van der Waals surface area contributed by atoms with Crippen LogP contribution in [0.15, 0.2) is 35.9 Å². The molecule has 0 saturated heterocycles. The number of aromatic nitrogens is 1. The van der Waals surface area contributed by atoms with Gasteiger partial charge in [-0.15, -0.1) is 11.3 Å². The average Bonchev–Trinajstić information content (AvgIpc) is 2.85. The molecule has 0 aliphatic rings. The van der Waals surface area contributed by atoms with Crippen LogP contribution in [-0.4, -0.2) is 11.6 Å². The summed E-state index contributed by atoms with van der Waals surface area (Å²) in [4.78, 5) is 4.45. The normalized spacial score (nSPS) is 9.79. The zero-order valence-corrected chi connectivity index (χ0v) is 11.0. The van der Waals surface area contributed by atoms with Gasteiger partial charge in [-0.05, 0) is 18.6 Å². The van der Waals surface area contributed by atoms with Gasteiger partial charge in [0.2, 0.25) is 0 Å². The number of para-hydroxylation sites is 1. The summed E-state index contributed by atoms with van der Waals surface area (Å²) >= 11 is 1.61. The molecule has 0 radical (unpaired) electrons. The summed E-state index contributed by atoms with van der Waals surface area (Å²) in [6.07, 6.45) is 2.14. The Hall–Kier alpha value is -2.21. The van der Waals surface area contributed by atoms with E-state index in [1.54, 1.807) is 17.4 Å². The number of rotatable bonds is 5. The zero-order valence-electron chi connectivity index (χ0n) is 10.2. The van der Waals surface area contributed by atoms with Gasteiger partial charge in [0, 0.05) is 0 Å². The number of thiazole rings is 1. The minimum atomic E-state index is 0.128. The molecular formula is C14H11N3OS. The molecule has 0 aliphatic carbocycles. The molecule has 0 bridgehead atoms. The van der Waals surface area contributed by atoms with Crippen LogP contribution in [0.3, 0.4) is 0 Å². The number of nitrogens with zero attached hydrogens (tertiary/aromatic N) is 3. The minimum absolute atomic E-state index is 0.128. The number of benzene rings is 1. The lowest BCUT2D eigenvalue weighted by Crippen LogP contribution is -1.94. The van der Waals surface area contributed by atoms with E-state index in [1.165, 1.54) is 0 Å². The Morgan fingerprint density at radius 1 is 1.32 bits per heavy atom. The second-order valence-corrected chi connectivity index (χ2v) is 4.87. The molecule has 5 heteroatoms. The van der Waals surface area contributed by atoms with Gasteiger partial charge in [0.1, 0.15) is 22.7 Å². The first-order chi connectivity index (χ1) is 9.33. The molecule has 0 aliphatic heterocycles. The van der Waals surface area contributed by atoms with Crippen molar-refractivity contribution in [2.75, 3.05) is 6.61 Å². The Bertz CT molecular complexity index is 627. The van der Waals surface area contributed by atoms with Gasteiger partial charge in [0.05, 0.1) is 23.4 Å². The Morgan fingerprint density at radius 3 is 2.84 bits per heavy atom. The largest absolute Gasteiger partial charge is 0.374 e. The molecule has 1 heterocycles. The molecule has 2 aromatic rings. The highest BCUT2D eigenvalue weighted by Crippen LogP contribution is 2.21. The van der Waals surface area contributed by atoms with Crippen LogP contribution in [-0.2, 0) is 11.3 Å². The lowest BCUT2D eigenvalue weighted by molar-refractivity contribution is 0.125. The van der Waals surface area contributed by atoms with Crippen molar-refractivity contribution >= 4 is 21.6 Å². The van der Waals surface area contributed by atoms with Gasteiger partial charge < -0.3 is 4.74 Å². The molecule has 0 N–H and O–H groups in total. The number of hydrogen-bond acceptors (Lipinski definition) is 5. The molecule has 4 nitrogen and oxygen atoms in total. The van der Waals surface area contributed by atoms with E-state index in [1.807, 2.05) is 36.4 Å².